The third kappa shape index (κ3) is 3.88. The number of anilines is 2. The van der Waals surface area contributed by atoms with Gasteiger partial charge in [0.15, 0.2) is 0 Å². The fourth-order valence-electron chi connectivity index (χ4n) is 2.95. The smallest absolute Gasteiger partial charge is 0.257 e. The Morgan fingerprint density at radius 1 is 1.25 bits per heavy atom. The number of piperidine rings is 1. The molecule has 1 amide bonds. The summed E-state index contributed by atoms with van der Waals surface area (Å²) in [5.41, 5.74) is 3.29. The van der Waals surface area contributed by atoms with E-state index in [-0.39, 0.29) is 5.91 Å². The van der Waals surface area contributed by atoms with Crippen LogP contribution in [0.2, 0.25) is 5.02 Å². The van der Waals surface area contributed by atoms with Crippen LogP contribution in [0.1, 0.15) is 35.7 Å². The highest BCUT2D eigenvalue weighted by molar-refractivity contribution is 6.30. The van der Waals surface area contributed by atoms with Crippen LogP contribution in [-0.2, 0) is 0 Å². The van der Waals surface area contributed by atoms with E-state index in [0.717, 1.165) is 35.9 Å². The van der Waals surface area contributed by atoms with Gasteiger partial charge in [-0.1, -0.05) is 18.5 Å². The number of nitrogens with zero attached hydrogens (tertiary/aromatic N) is 2. The molecular weight excluding hydrogens is 322 g/mol. The SMILES string of the molecule is Cc1cc(Cl)ccc1NC(=O)c1cncc(N2CCC(C)CC2)c1. The second kappa shape index (κ2) is 7.22. The number of aromatic nitrogens is 1. The number of halogens is 1. The molecule has 1 aromatic carbocycles. The van der Waals surface area contributed by atoms with Crippen molar-refractivity contribution in [2.24, 2.45) is 5.92 Å². The predicted molar refractivity (Wildman–Crippen MR) is 99.0 cm³/mol. The Balaban J connectivity index is 1.74. The van der Waals surface area contributed by atoms with Crippen molar-refractivity contribution in [2.45, 2.75) is 26.7 Å². The zero-order valence-corrected chi connectivity index (χ0v) is 14.8. The van der Waals surface area contributed by atoms with E-state index in [2.05, 4.69) is 22.1 Å². The van der Waals surface area contributed by atoms with Gasteiger partial charge in [-0.25, -0.2) is 0 Å². The molecule has 1 aromatic heterocycles. The van der Waals surface area contributed by atoms with Gasteiger partial charge in [-0.05, 0) is 55.5 Å². The number of aryl methyl sites for hydroxylation is 1. The van der Waals surface area contributed by atoms with Crippen LogP contribution in [0.4, 0.5) is 11.4 Å². The summed E-state index contributed by atoms with van der Waals surface area (Å²) < 4.78 is 0. The molecule has 2 aromatic rings. The molecule has 0 bridgehead atoms. The van der Waals surface area contributed by atoms with Gasteiger partial charge in [0, 0.05) is 30.0 Å². The summed E-state index contributed by atoms with van der Waals surface area (Å²) in [6.45, 7) is 6.24. The van der Waals surface area contributed by atoms with E-state index >= 15 is 0 Å². The number of nitrogens with one attached hydrogen (secondary N) is 1. The van der Waals surface area contributed by atoms with Gasteiger partial charge in [0.05, 0.1) is 17.4 Å². The molecule has 0 spiro atoms. The van der Waals surface area contributed by atoms with E-state index in [9.17, 15) is 4.79 Å². The second-order valence-corrected chi connectivity index (χ2v) is 6.95. The average Bonchev–Trinajstić information content (AvgIpc) is 2.58. The molecule has 1 saturated heterocycles. The monoisotopic (exact) mass is 343 g/mol. The molecule has 126 valence electrons. The Labute approximate surface area is 147 Å². The van der Waals surface area contributed by atoms with Crippen molar-refractivity contribution < 1.29 is 4.79 Å². The molecule has 1 fully saturated rings. The highest BCUT2D eigenvalue weighted by atomic mass is 35.5. The number of carbonyl (C=O) groups is 1. The van der Waals surface area contributed by atoms with Crippen LogP contribution in [0, 0.1) is 12.8 Å². The molecule has 5 heteroatoms. The number of hydrogen-bond donors (Lipinski definition) is 1. The van der Waals surface area contributed by atoms with Crippen LogP contribution in [0.5, 0.6) is 0 Å². The largest absolute Gasteiger partial charge is 0.370 e. The lowest BCUT2D eigenvalue weighted by Crippen LogP contribution is -2.33. The molecule has 24 heavy (non-hydrogen) atoms. The fraction of sp³-hybridized carbons (Fsp3) is 0.368. The summed E-state index contributed by atoms with van der Waals surface area (Å²) in [6.07, 6.45) is 5.80. The normalized spacial score (nSPS) is 15.4. The number of rotatable bonds is 3. The summed E-state index contributed by atoms with van der Waals surface area (Å²) in [4.78, 5) is 19.1. The standard InChI is InChI=1S/C19H22ClN3O/c1-13-5-7-23(8-6-13)17-10-15(11-21-12-17)19(24)22-18-4-3-16(20)9-14(18)2/h3-4,9-13H,5-8H2,1-2H3,(H,22,24). The van der Waals surface area contributed by atoms with Gasteiger partial charge in [-0.3, -0.25) is 9.78 Å². The lowest BCUT2D eigenvalue weighted by molar-refractivity contribution is 0.102. The molecule has 0 atom stereocenters. The zero-order chi connectivity index (χ0) is 17.1. The van der Waals surface area contributed by atoms with Crippen molar-refractivity contribution in [1.29, 1.82) is 0 Å². The minimum atomic E-state index is -0.153. The summed E-state index contributed by atoms with van der Waals surface area (Å²) in [5.74, 6) is 0.619. The van der Waals surface area contributed by atoms with Crippen molar-refractivity contribution in [3.8, 4) is 0 Å². The Bertz CT molecular complexity index is 739. The molecule has 0 radical (unpaired) electrons. The lowest BCUT2D eigenvalue weighted by atomic mass is 9.99. The van der Waals surface area contributed by atoms with E-state index in [1.165, 1.54) is 12.8 Å². The quantitative estimate of drug-likeness (QED) is 0.890. The van der Waals surface area contributed by atoms with Gasteiger partial charge in [0.2, 0.25) is 0 Å². The molecule has 1 aliphatic rings. The predicted octanol–water partition coefficient (Wildman–Crippen LogP) is 4.53. The molecule has 1 N–H and O–H groups in total. The van der Waals surface area contributed by atoms with Crippen LogP contribution in [0.3, 0.4) is 0 Å². The Kier molecular flexibility index (Phi) is 5.05. The summed E-state index contributed by atoms with van der Waals surface area (Å²) >= 11 is 5.96. The lowest BCUT2D eigenvalue weighted by Gasteiger charge is -2.32. The molecule has 2 heterocycles. The fourth-order valence-corrected chi connectivity index (χ4v) is 3.18. The molecule has 3 rings (SSSR count). The summed E-state index contributed by atoms with van der Waals surface area (Å²) in [5, 5.41) is 3.60. The third-order valence-corrected chi connectivity index (χ3v) is 4.81. The first-order valence-corrected chi connectivity index (χ1v) is 8.68. The number of amides is 1. The van der Waals surface area contributed by atoms with Crippen molar-refractivity contribution in [3.63, 3.8) is 0 Å². The van der Waals surface area contributed by atoms with Gasteiger partial charge in [-0.2, -0.15) is 0 Å². The topological polar surface area (TPSA) is 45.2 Å². The van der Waals surface area contributed by atoms with E-state index in [4.69, 9.17) is 11.6 Å². The Morgan fingerprint density at radius 3 is 2.71 bits per heavy atom. The average molecular weight is 344 g/mol. The summed E-state index contributed by atoms with van der Waals surface area (Å²) in [6, 6.07) is 7.34. The maximum Gasteiger partial charge on any atom is 0.257 e. The number of pyridine rings is 1. The number of benzene rings is 1. The van der Waals surface area contributed by atoms with E-state index in [1.54, 1.807) is 12.3 Å². The molecule has 0 saturated carbocycles. The van der Waals surface area contributed by atoms with Crippen molar-refractivity contribution in [3.05, 3.63) is 52.8 Å². The minimum Gasteiger partial charge on any atom is -0.370 e. The van der Waals surface area contributed by atoms with Gasteiger partial charge in [0.25, 0.3) is 5.91 Å². The maximum atomic E-state index is 12.5. The van der Waals surface area contributed by atoms with E-state index in [1.807, 2.05) is 31.3 Å². The molecule has 4 nitrogen and oxygen atoms in total. The zero-order valence-electron chi connectivity index (χ0n) is 14.1. The first kappa shape index (κ1) is 16.8. The second-order valence-electron chi connectivity index (χ2n) is 6.51. The van der Waals surface area contributed by atoms with E-state index in [0.29, 0.717) is 10.6 Å². The van der Waals surface area contributed by atoms with Gasteiger partial charge in [0.1, 0.15) is 0 Å². The van der Waals surface area contributed by atoms with Crippen LogP contribution in [0.15, 0.2) is 36.7 Å². The van der Waals surface area contributed by atoms with Crippen molar-refractivity contribution in [2.75, 3.05) is 23.3 Å². The summed E-state index contributed by atoms with van der Waals surface area (Å²) in [7, 11) is 0. The van der Waals surface area contributed by atoms with Crippen molar-refractivity contribution >= 4 is 28.9 Å². The number of carbonyl (C=O) groups excluding carboxylic acids is 1. The molecule has 0 unspecified atom stereocenters. The van der Waals surface area contributed by atoms with Crippen LogP contribution in [0.25, 0.3) is 0 Å². The highest BCUT2D eigenvalue weighted by Crippen LogP contribution is 2.24. The minimum absolute atomic E-state index is 0.153. The van der Waals surface area contributed by atoms with Gasteiger partial charge < -0.3 is 10.2 Å². The van der Waals surface area contributed by atoms with E-state index < -0.39 is 0 Å². The molecular formula is C19H22ClN3O. The highest BCUT2D eigenvalue weighted by Gasteiger charge is 2.17. The van der Waals surface area contributed by atoms with Crippen LogP contribution < -0.4 is 10.2 Å². The first-order chi connectivity index (χ1) is 11.5. The maximum absolute atomic E-state index is 12.5. The third-order valence-electron chi connectivity index (χ3n) is 4.57. The Hall–Kier alpha value is -2.07. The van der Waals surface area contributed by atoms with Crippen LogP contribution >= 0.6 is 11.6 Å². The van der Waals surface area contributed by atoms with Crippen molar-refractivity contribution in [1.82, 2.24) is 4.98 Å². The first-order valence-electron chi connectivity index (χ1n) is 8.30. The van der Waals surface area contributed by atoms with Gasteiger partial charge in [-0.15, -0.1) is 0 Å². The number of hydrogen-bond acceptors (Lipinski definition) is 3. The van der Waals surface area contributed by atoms with Crippen LogP contribution in [-0.4, -0.2) is 24.0 Å². The molecule has 0 aliphatic carbocycles. The van der Waals surface area contributed by atoms with Gasteiger partial charge >= 0.3 is 0 Å². The molecule has 1 aliphatic heterocycles. The Morgan fingerprint density at radius 2 is 2.00 bits per heavy atom.